The number of carbonyl (C=O) groups is 1. The standard InChI is InChI=1S/C11H24ClN7O/c1-2-18(5-3-13)6-4-16-11(20)8-7-19(17-8)10(15)9(12)14/h8,17H,2-7,13-15H2,1H3,(H,16,20)/b10-9-. The smallest absolute Gasteiger partial charge is 0.240 e. The topological polar surface area (TPSA) is 126 Å². The van der Waals surface area contributed by atoms with Crippen LogP contribution in [0.4, 0.5) is 0 Å². The Morgan fingerprint density at radius 3 is 2.65 bits per heavy atom. The molecule has 0 radical (unpaired) electrons. The molecule has 1 atom stereocenters. The van der Waals surface area contributed by atoms with E-state index in [1.807, 2.05) is 0 Å². The van der Waals surface area contributed by atoms with Crippen LogP contribution in [0.2, 0.25) is 0 Å². The van der Waals surface area contributed by atoms with E-state index in [1.54, 1.807) is 5.01 Å². The first-order valence-corrected chi connectivity index (χ1v) is 7.02. The fraction of sp³-hybridized carbons (Fsp3) is 0.727. The zero-order valence-electron chi connectivity index (χ0n) is 11.7. The first-order chi connectivity index (χ1) is 9.49. The number of likely N-dealkylation sites (N-methyl/N-ethyl adjacent to an activating group) is 1. The summed E-state index contributed by atoms with van der Waals surface area (Å²) in [5.41, 5.74) is 19.3. The number of carbonyl (C=O) groups excluding carboxylic acids is 1. The van der Waals surface area contributed by atoms with Gasteiger partial charge < -0.3 is 27.4 Å². The Kier molecular flexibility index (Phi) is 6.86. The van der Waals surface area contributed by atoms with Gasteiger partial charge in [0, 0.05) is 26.2 Å². The minimum Gasteiger partial charge on any atom is -0.386 e. The molecule has 9 heteroatoms. The predicted octanol–water partition coefficient (Wildman–Crippen LogP) is -2.15. The number of rotatable bonds is 8. The van der Waals surface area contributed by atoms with Gasteiger partial charge in [-0.15, -0.1) is 0 Å². The Morgan fingerprint density at radius 1 is 1.50 bits per heavy atom. The van der Waals surface area contributed by atoms with Gasteiger partial charge in [-0.2, -0.15) is 0 Å². The maximum Gasteiger partial charge on any atom is 0.240 e. The minimum atomic E-state index is -0.297. The first kappa shape index (κ1) is 16.8. The Balaban J connectivity index is 2.21. The molecule has 8 nitrogen and oxygen atoms in total. The summed E-state index contributed by atoms with van der Waals surface area (Å²) in [6.07, 6.45) is 0. The van der Waals surface area contributed by atoms with E-state index in [0.29, 0.717) is 19.6 Å². The maximum atomic E-state index is 11.8. The van der Waals surface area contributed by atoms with E-state index in [-0.39, 0.29) is 22.9 Å². The van der Waals surface area contributed by atoms with Crippen molar-refractivity contribution in [2.24, 2.45) is 17.2 Å². The van der Waals surface area contributed by atoms with E-state index in [2.05, 4.69) is 22.6 Å². The summed E-state index contributed by atoms with van der Waals surface area (Å²) in [5, 5.41) is 4.42. The molecule has 1 aliphatic rings. The predicted molar refractivity (Wildman–Crippen MR) is 79.1 cm³/mol. The summed E-state index contributed by atoms with van der Waals surface area (Å²) in [6, 6.07) is -0.297. The van der Waals surface area contributed by atoms with Crippen molar-refractivity contribution in [3.8, 4) is 0 Å². The second kappa shape index (κ2) is 8.15. The molecule has 1 unspecified atom stereocenters. The van der Waals surface area contributed by atoms with Gasteiger partial charge in [-0.05, 0) is 6.54 Å². The summed E-state index contributed by atoms with van der Waals surface area (Å²) in [7, 11) is 0. The van der Waals surface area contributed by atoms with Crippen molar-refractivity contribution < 1.29 is 4.79 Å². The van der Waals surface area contributed by atoms with E-state index >= 15 is 0 Å². The van der Waals surface area contributed by atoms with Gasteiger partial charge in [0.15, 0.2) is 0 Å². The van der Waals surface area contributed by atoms with Crippen molar-refractivity contribution >= 4 is 17.5 Å². The molecule has 1 rings (SSSR count). The van der Waals surface area contributed by atoms with Crippen molar-refractivity contribution in [3.05, 3.63) is 11.0 Å². The monoisotopic (exact) mass is 305 g/mol. The number of halogens is 1. The van der Waals surface area contributed by atoms with Crippen LogP contribution in [0.1, 0.15) is 6.92 Å². The Hall–Kier alpha value is -1.22. The molecule has 1 heterocycles. The Bertz CT molecular complexity index is 353. The van der Waals surface area contributed by atoms with Crippen LogP contribution in [0.5, 0.6) is 0 Å². The minimum absolute atomic E-state index is 0.0109. The van der Waals surface area contributed by atoms with Crippen LogP contribution in [-0.4, -0.2) is 61.1 Å². The largest absolute Gasteiger partial charge is 0.386 e. The molecule has 0 spiro atoms. The summed E-state index contributed by atoms with van der Waals surface area (Å²) < 4.78 is 0. The van der Waals surface area contributed by atoms with Crippen LogP contribution in [0.15, 0.2) is 11.0 Å². The summed E-state index contributed by atoms with van der Waals surface area (Å²) in [5.74, 6) is 0.168. The molecule has 1 aliphatic heterocycles. The van der Waals surface area contributed by atoms with Crippen LogP contribution in [0, 0.1) is 0 Å². The molecule has 0 aromatic rings. The number of nitrogens with two attached hydrogens (primary N) is 3. The molecule has 0 aromatic carbocycles. The van der Waals surface area contributed by atoms with Crippen molar-refractivity contribution in [2.45, 2.75) is 13.0 Å². The van der Waals surface area contributed by atoms with Crippen LogP contribution in [0.25, 0.3) is 0 Å². The lowest BCUT2D eigenvalue weighted by molar-refractivity contribution is -0.129. The zero-order chi connectivity index (χ0) is 15.1. The highest BCUT2D eigenvalue weighted by Gasteiger charge is 2.33. The van der Waals surface area contributed by atoms with Gasteiger partial charge in [0.05, 0.1) is 6.54 Å². The number of amides is 1. The lowest BCUT2D eigenvalue weighted by Crippen LogP contribution is -2.67. The third-order valence-corrected chi connectivity index (χ3v) is 3.34. The number of nitrogens with zero attached hydrogens (tertiary/aromatic N) is 2. The number of nitrogens with one attached hydrogen (secondary N) is 2. The quantitative estimate of drug-likeness (QED) is 0.324. The second-order valence-electron chi connectivity index (χ2n) is 4.54. The summed E-state index contributed by atoms with van der Waals surface area (Å²) in [4.78, 5) is 14.0. The van der Waals surface area contributed by atoms with E-state index in [9.17, 15) is 4.79 Å². The SMILES string of the molecule is CCN(CCN)CCNC(=O)C1CN(/C(N)=C(\N)Cl)N1. The lowest BCUT2D eigenvalue weighted by atomic mass is 10.2. The molecule has 1 amide bonds. The molecule has 20 heavy (non-hydrogen) atoms. The molecular weight excluding hydrogens is 282 g/mol. The molecule has 0 bridgehead atoms. The fourth-order valence-corrected chi connectivity index (χ4v) is 1.96. The third kappa shape index (κ3) is 4.71. The van der Waals surface area contributed by atoms with Crippen molar-refractivity contribution in [2.75, 3.05) is 39.3 Å². The lowest BCUT2D eigenvalue weighted by Gasteiger charge is -2.40. The molecule has 1 fully saturated rings. The molecule has 8 N–H and O–H groups in total. The Morgan fingerprint density at radius 2 is 2.15 bits per heavy atom. The van der Waals surface area contributed by atoms with Crippen molar-refractivity contribution in [3.63, 3.8) is 0 Å². The zero-order valence-corrected chi connectivity index (χ0v) is 12.5. The van der Waals surface area contributed by atoms with E-state index in [0.717, 1.165) is 19.6 Å². The Labute approximate surface area is 124 Å². The first-order valence-electron chi connectivity index (χ1n) is 6.64. The molecule has 0 saturated carbocycles. The second-order valence-corrected chi connectivity index (χ2v) is 4.95. The maximum absolute atomic E-state index is 11.8. The molecule has 116 valence electrons. The van der Waals surface area contributed by atoms with E-state index in [1.165, 1.54) is 0 Å². The van der Waals surface area contributed by atoms with Crippen molar-refractivity contribution in [1.29, 1.82) is 0 Å². The highest BCUT2D eigenvalue weighted by Crippen LogP contribution is 2.10. The third-order valence-electron chi connectivity index (χ3n) is 3.15. The van der Waals surface area contributed by atoms with E-state index in [4.69, 9.17) is 28.8 Å². The van der Waals surface area contributed by atoms with Gasteiger partial charge in [-0.25, -0.2) is 5.43 Å². The average molecular weight is 306 g/mol. The molecular formula is C11H24ClN7O. The number of hydrogen-bond donors (Lipinski definition) is 5. The van der Waals surface area contributed by atoms with Crippen LogP contribution >= 0.6 is 11.6 Å². The van der Waals surface area contributed by atoms with Gasteiger partial charge >= 0.3 is 0 Å². The highest BCUT2D eigenvalue weighted by atomic mass is 35.5. The van der Waals surface area contributed by atoms with Gasteiger partial charge in [-0.1, -0.05) is 18.5 Å². The number of hydrogen-bond acceptors (Lipinski definition) is 7. The molecule has 0 aromatic heterocycles. The van der Waals surface area contributed by atoms with Gasteiger partial charge in [0.1, 0.15) is 17.0 Å². The van der Waals surface area contributed by atoms with Crippen LogP contribution in [0.3, 0.4) is 0 Å². The van der Waals surface area contributed by atoms with Crippen LogP contribution < -0.4 is 27.9 Å². The normalized spacial score (nSPS) is 19.6. The fourth-order valence-electron chi connectivity index (χ4n) is 1.86. The highest BCUT2D eigenvalue weighted by molar-refractivity contribution is 6.29. The average Bonchev–Trinajstić information content (AvgIpc) is 2.35. The van der Waals surface area contributed by atoms with Crippen molar-refractivity contribution in [1.82, 2.24) is 20.7 Å². The molecule has 1 saturated heterocycles. The molecule has 0 aliphatic carbocycles. The van der Waals surface area contributed by atoms with Gasteiger partial charge in [0.2, 0.25) is 5.91 Å². The summed E-state index contributed by atoms with van der Waals surface area (Å²) in [6.45, 7) is 6.25. The summed E-state index contributed by atoms with van der Waals surface area (Å²) >= 11 is 5.56. The van der Waals surface area contributed by atoms with Gasteiger partial charge in [-0.3, -0.25) is 9.80 Å². The van der Waals surface area contributed by atoms with Gasteiger partial charge in [0.25, 0.3) is 0 Å². The number of hydrazine groups is 1. The van der Waals surface area contributed by atoms with Crippen LogP contribution in [-0.2, 0) is 4.79 Å². The van der Waals surface area contributed by atoms with E-state index < -0.39 is 0 Å².